The van der Waals surface area contributed by atoms with Gasteiger partial charge >= 0.3 is 5.69 Å². The van der Waals surface area contributed by atoms with Crippen molar-refractivity contribution in [1.29, 1.82) is 0 Å². The number of aromatic amines is 1. The molecule has 4 heteroatoms. The van der Waals surface area contributed by atoms with Gasteiger partial charge in [0.15, 0.2) is 0 Å². The van der Waals surface area contributed by atoms with Crippen molar-refractivity contribution in [2.75, 3.05) is 7.11 Å². The summed E-state index contributed by atoms with van der Waals surface area (Å²) >= 11 is 0. The third-order valence-electron chi connectivity index (χ3n) is 6.55. The second-order valence-electron chi connectivity index (χ2n) is 10.8. The predicted molar refractivity (Wildman–Crippen MR) is 123 cm³/mol. The van der Waals surface area contributed by atoms with Crippen molar-refractivity contribution >= 4 is 11.0 Å². The molecule has 0 bridgehead atoms. The summed E-state index contributed by atoms with van der Waals surface area (Å²) in [5, 5.41) is 0. The van der Waals surface area contributed by atoms with Crippen molar-refractivity contribution in [3.05, 3.63) is 64.1 Å². The number of methoxy groups -OCH3 is 1. The van der Waals surface area contributed by atoms with E-state index >= 15 is 0 Å². The number of fused-ring (bicyclic) bond motifs is 1. The molecule has 2 atom stereocenters. The van der Waals surface area contributed by atoms with Crippen molar-refractivity contribution in [3.63, 3.8) is 0 Å². The maximum absolute atomic E-state index is 12.5. The quantitative estimate of drug-likeness (QED) is 0.566. The first-order chi connectivity index (χ1) is 14.1. The number of rotatable bonds is 6. The topological polar surface area (TPSA) is 47.0 Å². The second-order valence-corrected chi connectivity index (χ2v) is 10.8. The van der Waals surface area contributed by atoms with E-state index in [0.717, 1.165) is 29.1 Å². The van der Waals surface area contributed by atoms with Gasteiger partial charge < -0.3 is 9.72 Å². The van der Waals surface area contributed by atoms with Gasteiger partial charge in [0.25, 0.3) is 0 Å². The van der Waals surface area contributed by atoms with E-state index in [1.54, 1.807) is 7.11 Å². The van der Waals surface area contributed by atoms with Gasteiger partial charge in [0.2, 0.25) is 0 Å². The number of imidazole rings is 1. The van der Waals surface area contributed by atoms with Gasteiger partial charge in [-0.3, -0.25) is 4.57 Å². The minimum Gasteiger partial charge on any atom is -0.496 e. The SMILES string of the molecule is COc1cc(CC(C)(C)Cn2c(=O)[nH]c3ccccc32)ccc1C1CC1C(C)(C)C. The van der Waals surface area contributed by atoms with Gasteiger partial charge in [-0.1, -0.05) is 58.9 Å². The summed E-state index contributed by atoms with van der Waals surface area (Å²) in [6, 6.07) is 14.6. The highest BCUT2D eigenvalue weighted by molar-refractivity contribution is 5.74. The maximum atomic E-state index is 12.5. The Morgan fingerprint density at radius 2 is 1.83 bits per heavy atom. The number of nitrogens with one attached hydrogen (secondary N) is 1. The Labute approximate surface area is 179 Å². The number of nitrogens with zero attached hydrogens (tertiary/aromatic N) is 1. The monoisotopic (exact) mass is 406 g/mol. The Balaban J connectivity index is 1.54. The highest BCUT2D eigenvalue weighted by Crippen LogP contribution is 2.58. The Morgan fingerprint density at radius 1 is 1.10 bits per heavy atom. The van der Waals surface area contributed by atoms with E-state index in [1.165, 1.54) is 17.5 Å². The van der Waals surface area contributed by atoms with Crippen LogP contribution < -0.4 is 10.4 Å². The van der Waals surface area contributed by atoms with Crippen LogP contribution >= 0.6 is 0 Å². The van der Waals surface area contributed by atoms with Crippen LogP contribution in [0.5, 0.6) is 5.75 Å². The van der Waals surface area contributed by atoms with E-state index in [-0.39, 0.29) is 11.1 Å². The molecular formula is C26H34N2O2. The first kappa shape index (κ1) is 20.8. The number of benzene rings is 2. The molecule has 0 spiro atoms. The smallest absolute Gasteiger partial charge is 0.326 e. The van der Waals surface area contributed by atoms with Crippen LogP contribution in [-0.4, -0.2) is 16.7 Å². The van der Waals surface area contributed by atoms with Gasteiger partial charge in [-0.05, 0) is 64.8 Å². The molecule has 30 heavy (non-hydrogen) atoms. The van der Waals surface area contributed by atoms with Crippen molar-refractivity contribution in [3.8, 4) is 5.75 Å². The zero-order valence-electron chi connectivity index (χ0n) is 19.1. The molecule has 160 valence electrons. The van der Waals surface area contributed by atoms with Crippen LogP contribution in [0.15, 0.2) is 47.3 Å². The standard InChI is InChI=1S/C26H34N2O2/c1-25(2,3)20-14-19(20)18-12-11-17(13-23(18)30-6)15-26(4,5)16-28-22-10-8-7-9-21(22)27-24(28)29/h7-13,19-20H,14-16H2,1-6H3,(H,27,29). The summed E-state index contributed by atoms with van der Waals surface area (Å²) in [5.41, 5.74) is 4.66. The number of ether oxygens (including phenoxy) is 1. The van der Waals surface area contributed by atoms with Crippen LogP contribution in [0.3, 0.4) is 0 Å². The van der Waals surface area contributed by atoms with E-state index in [1.807, 2.05) is 28.8 Å². The minimum absolute atomic E-state index is 0.0424. The van der Waals surface area contributed by atoms with Crippen LogP contribution in [0.4, 0.5) is 0 Å². The molecule has 1 aliphatic rings. The fourth-order valence-electron chi connectivity index (χ4n) is 4.97. The zero-order chi connectivity index (χ0) is 21.7. The number of aromatic nitrogens is 2. The number of hydrogen-bond acceptors (Lipinski definition) is 2. The number of H-pyrrole nitrogens is 1. The van der Waals surface area contributed by atoms with Crippen LogP contribution in [0.2, 0.25) is 0 Å². The molecule has 0 aliphatic heterocycles. The summed E-state index contributed by atoms with van der Waals surface area (Å²) in [6.45, 7) is 12.1. The van der Waals surface area contributed by atoms with Crippen LogP contribution in [0, 0.1) is 16.7 Å². The third-order valence-corrected chi connectivity index (χ3v) is 6.55. The molecule has 0 radical (unpaired) electrons. The van der Waals surface area contributed by atoms with Gasteiger partial charge in [0.1, 0.15) is 5.75 Å². The fraction of sp³-hybridized carbons (Fsp3) is 0.500. The molecule has 1 saturated carbocycles. The van der Waals surface area contributed by atoms with Crippen molar-refractivity contribution < 1.29 is 4.74 Å². The summed E-state index contributed by atoms with van der Waals surface area (Å²) < 4.78 is 7.65. The normalized spacial score (nSPS) is 19.3. The number of hydrogen-bond donors (Lipinski definition) is 1. The highest BCUT2D eigenvalue weighted by Gasteiger charge is 2.46. The molecule has 2 aromatic carbocycles. The fourth-order valence-corrected chi connectivity index (χ4v) is 4.97. The molecule has 0 amide bonds. The Morgan fingerprint density at radius 3 is 2.50 bits per heavy atom. The summed E-state index contributed by atoms with van der Waals surface area (Å²) in [7, 11) is 1.77. The Kier molecular flexibility index (Phi) is 5.08. The average molecular weight is 407 g/mol. The van der Waals surface area contributed by atoms with Crippen LogP contribution in [-0.2, 0) is 13.0 Å². The largest absolute Gasteiger partial charge is 0.496 e. The summed E-state index contributed by atoms with van der Waals surface area (Å²) in [5.74, 6) is 2.33. The molecule has 2 unspecified atom stereocenters. The van der Waals surface area contributed by atoms with E-state index in [2.05, 4.69) is 57.8 Å². The van der Waals surface area contributed by atoms with E-state index in [4.69, 9.17) is 4.74 Å². The molecule has 4 rings (SSSR count). The Hall–Kier alpha value is -2.49. The number of para-hydroxylation sites is 2. The van der Waals surface area contributed by atoms with Gasteiger partial charge in [0, 0.05) is 6.54 Å². The van der Waals surface area contributed by atoms with Gasteiger partial charge in [0.05, 0.1) is 18.1 Å². The lowest BCUT2D eigenvalue weighted by Crippen LogP contribution is -2.28. The molecular weight excluding hydrogens is 372 g/mol. The van der Waals surface area contributed by atoms with E-state index < -0.39 is 0 Å². The molecule has 0 saturated heterocycles. The van der Waals surface area contributed by atoms with Gasteiger partial charge in [-0.25, -0.2) is 4.79 Å². The summed E-state index contributed by atoms with van der Waals surface area (Å²) in [4.78, 5) is 15.5. The maximum Gasteiger partial charge on any atom is 0.326 e. The minimum atomic E-state index is -0.0746. The van der Waals surface area contributed by atoms with Crippen LogP contribution in [0.25, 0.3) is 11.0 Å². The van der Waals surface area contributed by atoms with Crippen molar-refractivity contribution in [2.45, 2.75) is 59.9 Å². The lowest BCUT2D eigenvalue weighted by molar-refractivity contribution is 0.303. The predicted octanol–water partition coefficient (Wildman–Crippen LogP) is 5.76. The second kappa shape index (κ2) is 7.33. The highest BCUT2D eigenvalue weighted by atomic mass is 16.5. The molecule has 1 aliphatic carbocycles. The van der Waals surface area contributed by atoms with E-state index in [9.17, 15) is 4.79 Å². The molecule has 1 aromatic heterocycles. The average Bonchev–Trinajstić information content (AvgIpc) is 3.42. The molecule has 4 nitrogen and oxygen atoms in total. The molecule has 1 fully saturated rings. The van der Waals surface area contributed by atoms with Crippen LogP contribution in [0.1, 0.15) is 58.1 Å². The molecule has 1 N–H and O–H groups in total. The van der Waals surface area contributed by atoms with Gasteiger partial charge in [-0.15, -0.1) is 0 Å². The van der Waals surface area contributed by atoms with Crippen molar-refractivity contribution in [1.82, 2.24) is 9.55 Å². The Bertz CT molecular complexity index is 1110. The van der Waals surface area contributed by atoms with Crippen molar-refractivity contribution in [2.24, 2.45) is 16.7 Å². The zero-order valence-corrected chi connectivity index (χ0v) is 19.1. The third kappa shape index (κ3) is 4.05. The molecule has 3 aromatic rings. The lowest BCUT2D eigenvalue weighted by Gasteiger charge is -2.26. The molecule has 1 heterocycles. The summed E-state index contributed by atoms with van der Waals surface area (Å²) in [6.07, 6.45) is 2.12. The lowest BCUT2D eigenvalue weighted by atomic mass is 9.84. The first-order valence-electron chi connectivity index (χ1n) is 10.9. The van der Waals surface area contributed by atoms with Gasteiger partial charge in [-0.2, -0.15) is 0 Å². The van der Waals surface area contributed by atoms with E-state index in [0.29, 0.717) is 17.9 Å². The first-order valence-corrected chi connectivity index (χ1v) is 10.9.